The summed E-state index contributed by atoms with van der Waals surface area (Å²) in [6.45, 7) is 0. The number of benzene rings is 1. The van der Waals surface area contributed by atoms with Crippen LogP contribution >= 0.6 is 0 Å². The van der Waals surface area contributed by atoms with Crippen LogP contribution in [0.4, 0.5) is 24.5 Å². The fourth-order valence-corrected chi connectivity index (χ4v) is 2.10. The van der Waals surface area contributed by atoms with Gasteiger partial charge in [-0.2, -0.15) is 23.5 Å². The Labute approximate surface area is 131 Å². The van der Waals surface area contributed by atoms with E-state index in [1.807, 2.05) is 5.43 Å². The highest BCUT2D eigenvalue weighted by Crippen LogP contribution is 2.34. The topological polar surface area (TPSA) is 175 Å². The maximum atomic E-state index is 12.5. The monoisotopic (exact) mass is 364 g/mol. The summed E-state index contributed by atoms with van der Waals surface area (Å²) in [6.07, 6.45) is 0. The number of hydrogen-bond acceptors (Lipinski definition) is 8. The molecule has 0 saturated heterocycles. The van der Waals surface area contributed by atoms with Gasteiger partial charge in [-0.1, -0.05) is 0 Å². The van der Waals surface area contributed by atoms with Crippen LogP contribution in [-0.4, -0.2) is 30.4 Å². The van der Waals surface area contributed by atoms with Gasteiger partial charge in [0.2, 0.25) is 5.71 Å². The molecule has 0 amide bonds. The molecule has 0 spiro atoms. The molecule has 0 heterocycles. The van der Waals surface area contributed by atoms with E-state index in [2.05, 4.69) is 5.10 Å². The van der Waals surface area contributed by atoms with Crippen molar-refractivity contribution < 1.29 is 26.5 Å². The van der Waals surface area contributed by atoms with Gasteiger partial charge in [-0.25, -0.2) is 8.42 Å². The number of nitriles is 1. The summed E-state index contributed by atoms with van der Waals surface area (Å²) in [7, 11) is -5.77. The highest BCUT2D eigenvalue weighted by molar-refractivity contribution is 7.92. The van der Waals surface area contributed by atoms with Crippen LogP contribution in [0.15, 0.2) is 28.2 Å². The van der Waals surface area contributed by atoms with E-state index < -0.39 is 48.1 Å². The first kappa shape index (κ1) is 18.8. The Morgan fingerprint density at radius 3 is 2.46 bits per heavy atom. The summed E-state index contributed by atoms with van der Waals surface area (Å²) in [6, 6.07) is 2.74. The van der Waals surface area contributed by atoms with Gasteiger partial charge >= 0.3 is 5.51 Å². The molecule has 0 bridgehead atoms. The number of hydrogen-bond donors (Lipinski definition) is 3. The minimum absolute atomic E-state index is 0.195. The van der Waals surface area contributed by atoms with E-state index in [0.717, 1.165) is 0 Å². The van der Waals surface area contributed by atoms with E-state index >= 15 is 0 Å². The summed E-state index contributed by atoms with van der Waals surface area (Å²) < 4.78 is 59.9. The largest absolute Gasteiger partial charge is 0.501 e. The number of nitrogens with two attached hydrogens (primary N) is 1. The predicted molar refractivity (Wildman–Crippen MR) is 74.9 cm³/mol. The van der Waals surface area contributed by atoms with Crippen molar-refractivity contribution in [2.45, 2.75) is 10.4 Å². The van der Waals surface area contributed by atoms with Gasteiger partial charge in [-0.05, 0) is 12.1 Å². The van der Waals surface area contributed by atoms with Crippen molar-refractivity contribution >= 4 is 32.8 Å². The second-order valence-electron chi connectivity index (χ2n) is 3.98. The molecule has 0 aliphatic rings. The highest BCUT2D eigenvalue weighted by Gasteiger charge is 2.47. The quantitative estimate of drug-likeness (QED) is 0.303. The number of halogens is 3. The van der Waals surface area contributed by atoms with Crippen molar-refractivity contribution in [3.63, 3.8) is 0 Å². The number of alkyl halides is 3. The first-order chi connectivity index (χ1) is 10.9. The zero-order chi connectivity index (χ0) is 18.7. The van der Waals surface area contributed by atoms with Crippen LogP contribution in [0.1, 0.15) is 0 Å². The van der Waals surface area contributed by atoms with Gasteiger partial charge in [0.15, 0.2) is 5.84 Å². The van der Waals surface area contributed by atoms with E-state index in [-0.39, 0.29) is 6.07 Å². The Kier molecular flexibility index (Phi) is 5.10. The van der Waals surface area contributed by atoms with Gasteiger partial charge < -0.3 is 5.73 Å². The van der Waals surface area contributed by atoms with Crippen LogP contribution in [0.3, 0.4) is 0 Å². The van der Waals surface area contributed by atoms with E-state index in [4.69, 9.17) is 16.4 Å². The molecular formula is C10H7F3N6O4S. The Morgan fingerprint density at radius 1 is 1.46 bits per heavy atom. The minimum Gasteiger partial charge on any atom is -0.382 e. The number of hydrazone groups is 1. The third-order valence-corrected chi connectivity index (χ3v) is 3.91. The van der Waals surface area contributed by atoms with E-state index in [1.165, 1.54) is 6.07 Å². The lowest BCUT2D eigenvalue weighted by Crippen LogP contribution is -2.23. The molecule has 0 unspecified atom stereocenters. The summed E-state index contributed by atoms with van der Waals surface area (Å²) in [5.74, 6) is -0.760. The zero-order valence-electron chi connectivity index (χ0n) is 11.3. The lowest BCUT2D eigenvalue weighted by atomic mass is 10.3. The van der Waals surface area contributed by atoms with Crippen molar-refractivity contribution in [2.75, 3.05) is 5.43 Å². The first-order valence-corrected chi connectivity index (χ1v) is 7.08. The molecule has 1 rings (SSSR count). The average Bonchev–Trinajstić information content (AvgIpc) is 2.46. The molecule has 0 radical (unpaired) electrons. The Hall–Kier alpha value is -3.21. The van der Waals surface area contributed by atoms with E-state index in [1.54, 1.807) is 0 Å². The SMILES string of the molecule is N#C/C(=N\Nc1ccc(S(=O)(=O)C(F)(F)F)cc1[N+](=O)[O-])C(=N)N. The van der Waals surface area contributed by atoms with Crippen LogP contribution in [0.25, 0.3) is 0 Å². The maximum Gasteiger partial charge on any atom is 0.501 e. The predicted octanol–water partition coefficient (Wildman–Crippen LogP) is 1.12. The smallest absolute Gasteiger partial charge is 0.382 e. The molecule has 0 aliphatic carbocycles. The summed E-state index contributed by atoms with van der Waals surface area (Å²) in [5.41, 5.74) is -0.851. The van der Waals surface area contributed by atoms with Crippen molar-refractivity contribution in [2.24, 2.45) is 10.8 Å². The fourth-order valence-electron chi connectivity index (χ4n) is 1.32. The number of nitro benzene ring substituents is 1. The van der Waals surface area contributed by atoms with Gasteiger partial charge in [0.1, 0.15) is 11.8 Å². The molecule has 10 nitrogen and oxygen atoms in total. The first-order valence-electron chi connectivity index (χ1n) is 5.59. The van der Waals surface area contributed by atoms with Crippen LogP contribution in [0, 0.1) is 26.9 Å². The standard InChI is InChI=1S/C10H7F3N6O4S/c11-10(12,13)24(22,23)5-1-2-6(8(3-5)19(20)21)17-18-7(4-14)9(15)16/h1-3,17H,(H3,15,16)/b18-7+. The van der Waals surface area contributed by atoms with Crippen LogP contribution < -0.4 is 11.2 Å². The molecule has 0 aromatic heterocycles. The van der Waals surface area contributed by atoms with Crippen molar-refractivity contribution in [3.05, 3.63) is 28.3 Å². The average molecular weight is 364 g/mol. The Balaban J connectivity index is 3.41. The summed E-state index contributed by atoms with van der Waals surface area (Å²) in [5, 5.41) is 29.8. The Morgan fingerprint density at radius 2 is 2.04 bits per heavy atom. The van der Waals surface area contributed by atoms with Crippen LogP contribution in [0.2, 0.25) is 0 Å². The molecule has 0 saturated carbocycles. The summed E-state index contributed by atoms with van der Waals surface area (Å²) >= 11 is 0. The lowest BCUT2D eigenvalue weighted by Gasteiger charge is -2.09. The van der Waals surface area contributed by atoms with Crippen molar-refractivity contribution in [3.8, 4) is 6.07 Å². The van der Waals surface area contributed by atoms with Crippen LogP contribution in [-0.2, 0) is 9.84 Å². The molecule has 1 aromatic carbocycles. The third-order valence-electron chi connectivity index (χ3n) is 2.43. The van der Waals surface area contributed by atoms with Crippen molar-refractivity contribution in [1.29, 1.82) is 10.7 Å². The summed E-state index contributed by atoms with van der Waals surface area (Å²) in [4.78, 5) is 8.43. The van der Waals surface area contributed by atoms with Gasteiger partial charge in [0.05, 0.1) is 9.82 Å². The molecule has 14 heteroatoms. The number of rotatable bonds is 5. The molecule has 0 fully saturated rings. The number of nitrogens with one attached hydrogen (secondary N) is 2. The number of nitro groups is 1. The Bertz CT molecular complexity index is 872. The van der Waals surface area contributed by atoms with E-state index in [9.17, 15) is 31.7 Å². The molecule has 0 aliphatic heterocycles. The zero-order valence-corrected chi connectivity index (χ0v) is 12.1. The van der Waals surface area contributed by atoms with E-state index in [0.29, 0.717) is 12.1 Å². The number of anilines is 1. The lowest BCUT2D eigenvalue weighted by molar-refractivity contribution is -0.384. The van der Waals surface area contributed by atoms with Gasteiger partial charge in [-0.15, -0.1) is 0 Å². The molecule has 0 atom stereocenters. The number of sulfone groups is 1. The number of amidine groups is 1. The van der Waals surface area contributed by atoms with Crippen LogP contribution in [0.5, 0.6) is 0 Å². The third kappa shape index (κ3) is 3.76. The highest BCUT2D eigenvalue weighted by atomic mass is 32.2. The second kappa shape index (κ2) is 6.50. The molecule has 1 aromatic rings. The van der Waals surface area contributed by atoms with Gasteiger partial charge in [0, 0.05) is 6.07 Å². The fraction of sp³-hybridized carbons (Fsp3) is 0.100. The molecule has 4 N–H and O–H groups in total. The van der Waals surface area contributed by atoms with Crippen molar-refractivity contribution in [1.82, 2.24) is 0 Å². The minimum atomic E-state index is -5.77. The maximum absolute atomic E-state index is 12.5. The molecule has 24 heavy (non-hydrogen) atoms. The second-order valence-corrected chi connectivity index (χ2v) is 5.92. The van der Waals surface area contributed by atoms with Gasteiger partial charge in [-0.3, -0.25) is 20.9 Å². The molecule has 128 valence electrons. The van der Waals surface area contributed by atoms with Gasteiger partial charge in [0.25, 0.3) is 15.5 Å². The normalized spacial score (nSPS) is 12.3. The number of nitrogens with zero attached hydrogens (tertiary/aromatic N) is 3. The molecular weight excluding hydrogens is 357 g/mol.